The molecule has 4 rings (SSSR count). The summed E-state index contributed by atoms with van der Waals surface area (Å²) >= 11 is 0. The summed E-state index contributed by atoms with van der Waals surface area (Å²) in [6.45, 7) is 2.83. The summed E-state index contributed by atoms with van der Waals surface area (Å²) in [5.74, 6) is 0.977. The lowest BCUT2D eigenvalue weighted by atomic mass is 9.88. The van der Waals surface area contributed by atoms with Crippen molar-refractivity contribution in [2.24, 2.45) is 5.92 Å². The Morgan fingerprint density at radius 3 is 2.58 bits per heavy atom. The molecule has 2 aromatic carbocycles. The molecule has 7 heteroatoms. The molecule has 1 aromatic heterocycles. The van der Waals surface area contributed by atoms with Gasteiger partial charge in [0, 0.05) is 38.0 Å². The number of nitrogens with zero attached hydrogens (tertiary/aromatic N) is 4. The number of aromatic nitrogens is 2. The Bertz CT molecular complexity index is 1250. The summed E-state index contributed by atoms with van der Waals surface area (Å²) in [5, 5.41) is 9.10. The maximum Gasteiger partial charge on any atom is 0.305 e. The van der Waals surface area contributed by atoms with Crippen molar-refractivity contribution in [2.45, 2.75) is 64.8 Å². The average Bonchev–Trinajstić information content (AvgIpc) is 3.25. The summed E-state index contributed by atoms with van der Waals surface area (Å²) in [4.78, 5) is 31.7. The second kappa shape index (κ2) is 11.9. The molecule has 0 saturated heterocycles. The zero-order chi connectivity index (χ0) is 25.5. The van der Waals surface area contributed by atoms with Crippen molar-refractivity contribution in [1.29, 1.82) is 5.26 Å². The lowest BCUT2D eigenvalue weighted by Gasteiger charge is -2.26. The van der Waals surface area contributed by atoms with E-state index in [9.17, 15) is 9.59 Å². The van der Waals surface area contributed by atoms with Gasteiger partial charge in [-0.25, -0.2) is 4.98 Å². The number of esters is 1. The van der Waals surface area contributed by atoms with Crippen molar-refractivity contribution >= 4 is 28.6 Å². The van der Waals surface area contributed by atoms with Gasteiger partial charge in [0.1, 0.15) is 5.82 Å². The molecule has 1 amide bonds. The molecule has 7 nitrogen and oxygen atoms in total. The topological polar surface area (TPSA) is 88.2 Å². The molecule has 0 bridgehead atoms. The fourth-order valence-electron chi connectivity index (χ4n) is 5.01. The molecule has 1 aliphatic carbocycles. The number of fused-ring (bicyclic) bond motifs is 1. The van der Waals surface area contributed by atoms with E-state index in [1.807, 2.05) is 56.4 Å². The molecule has 1 heterocycles. The molecule has 0 spiro atoms. The van der Waals surface area contributed by atoms with E-state index in [-0.39, 0.29) is 17.8 Å². The first-order chi connectivity index (χ1) is 17.5. The molecule has 3 aromatic rings. The number of carbonyl (C=O) groups excluding carboxylic acids is 2. The minimum Gasteiger partial charge on any atom is -0.466 e. The Balaban J connectivity index is 1.60. The number of amides is 1. The molecule has 1 saturated carbocycles. The fraction of sp³-hybridized carbons (Fsp3) is 0.448. The Morgan fingerprint density at radius 1 is 1.14 bits per heavy atom. The highest BCUT2D eigenvalue weighted by Gasteiger charge is 2.25. The van der Waals surface area contributed by atoms with Crippen molar-refractivity contribution in [3.8, 4) is 6.07 Å². The highest BCUT2D eigenvalue weighted by molar-refractivity contribution is 5.96. The Hall–Kier alpha value is -3.66. The molecule has 0 aliphatic heterocycles. The van der Waals surface area contributed by atoms with Gasteiger partial charge in [-0.3, -0.25) is 9.59 Å². The summed E-state index contributed by atoms with van der Waals surface area (Å²) in [6, 6.07) is 15.7. The van der Waals surface area contributed by atoms with Crippen LogP contribution in [0.15, 0.2) is 42.5 Å². The average molecular weight is 487 g/mol. The SMILES string of the molecule is CCOC(=O)CCCn1c(Cc2ccc(C#N)cc2)nc2cc(N(C)C(=O)C3CCCCC3)ccc21. The smallest absolute Gasteiger partial charge is 0.305 e. The van der Waals surface area contributed by atoms with Crippen LogP contribution in [0.4, 0.5) is 5.69 Å². The van der Waals surface area contributed by atoms with Gasteiger partial charge in [-0.2, -0.15) is 5.26 Å². The Morgan fingerprint density at radius 2 is 1.89 bits per heavy atom. The number of aryl methyl sites for hydroxylation is 1. The van der Waals surface area contributed by atoms with E-state index in [1.54, 1.807) is 4.90 Å². The molecule has 0 radical (unpaired) electrons. The van der Waals surface area contributed by atoms with Gasteiger partial charge in [0.25, 0.3) is 0 Å². The zero-order valence-electron chi connectivity index (χ0n) is 21.2. The molecule has 36 heavy (non-hydrogen) atoms. The maximum absolute atomic E-state index is 13.1. The van der Waals surface area contributed by atoms with E-state index in [0.717, 1.165) is 53.8 Å². The van der Waals surface area contributed by atoms with Crippen molar-refractivity contribution in [1.82, 2.24) is 9.55 Å². The van der Waals surface area contributed by atoms with Crippen LogP contribution >= 0.6 is 0 Å². The summed E-state index contributed by atoms with van der Waals surface area (Å²) < 4.78 is 7.24. The van der Waals surface area contributed by atoms with E-state index < -0.39 is 0 Å². The third-order valence-electron chi connectivity index (χ3n) is 7.00. The van der Waals surface area contributed by atoms with Gasteiger partial charge < -0.3 is 14.2 Å². The Labute approximate surface area is 212 Å². The molecule has 1 aliphatic rings. The van der Waals surface area contributed by atoms with Crippen molar-refractivity contribution in [3.05, 3.63) is 59.4 Å². The van der Waals surface area contributed by atoms with E-state index in [1.165, 1.54) is 6.42 Å². The summed E-state index contributed by atoms with van der Waals surface area (Å²) in [5.41, 5.74) is 4.33. The van der Waals surface area contributed by atoms with Crippen LogP contribution in [0.3, 0.4) is 0 Å². The van der Waals surface area contributed by atoms with Crippen molar-refractivity contribution in [3.63, 3.8) is 0 Å². The monoisotopic (exact) mass is 486 g/mol. The fourth-order valence-corrected chi connectivity index (χ4v) is 5.01. The van der Waals surface area contributed by atoms with Gasteiger partial charge in [0.2, 0.25) is 5.91 Å². The van der Waals surface area contributed by atoms with Gasteiger partial charge in [-0.1, -0.05) is 31.4 Å². The largest absolute Gasteiger partial charge is 0.466 e. The predicted molar refractivity (Wildman–Crippen MR) is 140 cm³/mol. The third kappa shape index (κ3) is 5.93. The van der Waals surface area contributed by atoms with Crippen LogP contribution in [0.2, 0.25) is 0 Å². The first kappa shape index (κ1) is 25.4. The van der Waals surface area contributed by atoms with Crippen LogP contribution in [0.1, 0.15) is 68.8 Å². The standard InChI is InChI=1S/C29H34N4O3/c1-3-36-28(34)10-7-17-33-26-16-15-24(32(2)29(35)23-8-5-4-6-9-23)19-25(26)31-27(33)18-21-11-13-22(20-30)14-12-21/h11-16,19,23H,3-10,17-18H2,1-2H3. The predicted octanol–water partition coefficient (Wildman–Crippen LogP) is 5.39. The summed E-state index contributed by atoms with van der Waals surface area (Å²) in [7, 11) is 1.85. The molecular formula is C29H34N4O3. The van der Waals surface area contributed by atoms with Crippen LogP contribution in [0.5, 0.6) is 0 Å². The molecule has 1 fully saturated rings. The van der Waals surface area contributed by atoms with Crippen LogP contribution in [0.25, 0.3) is 11.0 Å². The van der Waals surface area contributed by atoms with Gasteiger partial charge in [-0.15, -0.1) is 0 Å². The lowest BCUT2D eigenvalue weighted by Crippen LogP contribution is -2.33. The number of benzene rings is 2. The number of hydrogen-bond acceptors (Lipinski definition) is 5. The minimum absolute atomic E-state index is 0.104. The van der Waals surface area contributed by atoms with Crippen LogP contribution < -0.4 is 4.90 Å². The Kier molecular flexibility index (Phi) is 8.37. The number of anilines is 1. The second-order valence-electron chi connectivity index (χ2n) is 9.48. The normalized spacial score (nSPS) is 13.9. The van der Waals surface area contributed by atoms with E-state index in [4.69, 9.17) is 15.0 Å². The van der Waals surface area contributed by atoms with Crippen molar-refractivity contribution in [2.75, 3.05) is 18.6 Å². The minimum atomic E-state index is -0.194. The number of nitriles is 1. The van der Waals surface area contributed by atoms with E-state index in [0.29, 0.717) is 38.0 Å². The first-order valence-electron chi connectivity index (χ1n) is 12.9. The third-order valence-corrected chi connectivity index (χ3v) is 7.00. The van der Waals surface area contributed by atoms with Crippen LogP contribution in [0, 0.1) is 17.2 Å². The lowest BCUT2D eigenvalue weighted by molar-refractivity contribution is -0.143. The van der Waals surface area contributed by atoms with Crippen LogP contribution in [-0.2, 0) is 27.3 Å². The first-order valence-corrected chi connectivity index (χ1v) is 12.9. The molecule has 0 unspecified atom stereocenters. The van der Waals surface area contributed by atoms with Crippen molar-refractivity contribution < 1.29 is 14.3 Å². The quantitative estimate of drug-likeness (QED) is 0.379. The number of ether oxygens (including phenoxy) is 1. The van der Waals surface area contributed by atoms with Gasteiger partial charge >= 0.3 is 5.97 Å². The highest BCUT2D eigenvalue weighted by Crippen LogP contribution is 2.29. The number of hydrogen-bond donors (Lipinski definition) is 0. The number of carbonyl (C=O) groups is 2. The van der Waals surface area contributed by atoms with E-state index in [2.05, 4.69) is 10.6 Å². The highest BCUT2D eigenvalue weighted by atomic mass is 16.5. The van der Waals surface area contributed by atoms with Crippen LogP contribution in [-0.4, -0.2) is 35.1 Å². The molecule has 188 valence electrons. The maximum atomic E-state index is 13.1. The van der Waals surface area contributed by atoms with E-state index >= 15 is 0 Å². The summed E-state index contributed by atoms with van der Waals surface area (Å²) in [6.07, 6.45) is 6.99. The number of rotatable bonds is 9. The molecule has 0 atom stereocenters. The van der Waals surface area contributed by atoms with Gasteiger partial charge in [-0.05, 0) is 62.1 Å². The van der Waals surface area contributed by atoms with Gasteiger partial charge in [0.15, 0.2) is 0 Å². The van der Waals surface area contributed by atoms with Gasteiger partial charge in [0.05, 0.1) is 29.3 Å². The second-order valence-corrected chi connectivity index (χ2v) is 9.48. The molecule has 0 N–H and O–H groups in total. The number of imidazole rings is 1. The zero-order valence-corrected chi connectivity index (χ0v) is 21.2. The molecular weight excluding hydrogens is 452 g/mol.